The number of ketones is 1. The maximum absolute atomic E-state index is 13.0. The van der Waals surface area contributed by atoms with Crippen LogP contribution in [0.1, 0.15) is 15.9 Å². The molecule has 0 N–H and O–H groups in total. The van der Waals surface area contributed by atoms with Crippen LogP contribution in [0.4, 0.5) is 4.39 Å². The summed E-state index contributed by atoms with van der Waals surface area (Å²) in [5.74, 6) is -0.702. The van der Waals surface area contributed by atoms with Gasteiger partial charge in [-0.05, 0) is 41.4 Å². The zero-order chi connectivity index (χ0) is 12.4. The fraction of sp³-hybridized carbons (Fsp3) is 0.0833. The third kappa shape index (κ3) is 2.68. The fourth-order valence-electron chi connectivity index (χ4n) is 1.44. The summed E-state index contributed by atoms with van der Waals surface area (Å²) in [6.07, 6.45) is 1.30. The summed E-state index contributed by atoms with van der Waals surface area (Å²) in [7, 11) is 0. The van der Waals surface area contributed by atoms with Crippen molar-refractivity contribution in [2.24, 2.45) is 0 Å². The number of furan rings is 1. The first-order chi connectivity index (χ1) is 8.08. The van der Waals surface area contributed by atoms with Crippen LogP contribution < -0.4 is 0 Å². The third-order valence-corrected chi connectivity index (χ3v) is 2.94. The van der Waals surface area contributed by atoms with E-state index in [0.717, 1.165) is 0 Å². The van der Waals surface area contributed by atoms with E-state index >= 15 is 0 Å². The minimum atomic E-state index is -0.435. The average molecular weight is 273 g/mol. The number of benzene rings is 1. The van der Waals surface area contributed by atoms with E-state index in [0.29, 0.717) is 10.6 Å². The second kappa shape index (κ2) is 4.90. The van der Waals surface area contributed by atoms with E-state index in [-0.39, 0.29) is 23.0 Å². The molecule has 0 atom stereocenters. The SMILES string of the molecule is O=C(Cc1cc(F)ccc1Cl)c1ccoc1Cl. The van der Waals surface area contributed by atoms with Gasteiger partial charge in [-0.25, -0.2) is 4.39 Å². The van der Waals surface area contributed by atoms with Gasteiger partial charge in [0, 0.05) is 11.4 Å². The van der Waals surface area contributed by atoms with Gasteiger partial charge in [-0.2, -0.15) is 0 Å². The summed E-state index contributed by atoms with van der Waals surface area (Å²) < 4.78 is 17.8. The summed E-state index contributed by atoms with van der Waals surface area (Å²) in [6.45, 7) is 0. The molecular weight excluding hydrogens is 266 g/mol. The van der Waals surface area contributed by atoms with E-state index in [1.807, 2.05) is 0 Å². The lowest BCUT2D eigenvalue weighted by molar-refractivity contribution is 0.0992. The molecule has 0 aliphatic heterocycles. The summed E-state index contributed by atoms with van der Waals surface area (Å²) in [5.41, 5.74) is 0.695. The molecule has 0 unspecified atom stereocenters. The van der Waals surface area contributed by atoms with Crippen LogP contribution >= 0.6 is 23.2 Å². The van der Waals surface area contributed by atoms with Gasteiger partial charge < -0.3 is 4.42 Å². The van der Waals surface area contributed by atoms with Crippen LogP contribution in [0.3, 0.4) is 0 Å². The minimum absolute atomic E-state index is 0.0180. The van der Waals surface area contributed by atoms with Crippen molar-refractivity contribution in [3.63, 3.8) is 0 Å². The Labute approximate surface area is 107 Å². The number of rotatable bonds is 3. The van der Waals surface area contributed by atoms with E-state index in [4.69, 9.17) is 27.6 Å². The highest BCUT2D eigenvalue weighted by atomic mass is 35.5. The topological polar surface area (TPSA) is 30.2 Å². The first kappa shape index (κ1) is 12.1. The Morgan fingerprint density at radius 1 is 1.29 bits per heavy atom. The van der Waals surface area contributed by atoms with Gasteiger partial charge in [0.1, 0.15) is 5.82 Å². The molecule has 0 spiro atoms. The van der Waals surface area contributed by atoms with E-state index in [2.05, 4.69) is 0 Å². The molecule has 2 rings (SSSR count). The first-order valence-corrected chi connectivity index (χ1v) is 5.53. The molecule has 2 nitrogen and oxygen atoms in total. The monoisotopic (exact) mass is 272 g/mol. The molecule has 5 heteroatoms. The fourth-order valence-corrected chi connectivity index (χ4v) is 1.84. The Morgan fingerprint density at radius 3 is 2.71 bits per heavy atom. The van der Waals surface area contributed by atoms with Crippen molar-refractivity contribution in [3.8, 4) is 0 Å². The number of hydrogen-bond acceptors (Lipinski definition) is 2. The Morgan fingerprint density at radius 2 is 2.06 bits per heavy atom. The lowest BCUT2D eigenvalue weighted by Gasteiger charge is -2.03. The highest BCUT2D eigenvalue weighted by molar-refractivity contribution is 6.33. The van der Waals surface area contributed by atoms with Crippen LogP contribution in [-0.4, -0.2) is 5.78 Å². The molecule has 0 saturated carbocycles. The first-order valence-electron chi connectivity index (χ1n) is 4.78. The minimum Gasteiger partial charge on any atom is -0.452 e. The highest BCUT2D eigenvalue weighted by Crippen LogP contribution is 2.22. The molecule has 1 heterocycles. The van der Waals surface area contributed by atoms with Crippen molar-refractivity contribution in [1.29, 1.82) is 0 Å². The highest BCUT2D eigenvalue weighted by Gasteiger charge is 2.15. The van der Waals surface area contributed by atoms with Gasteiger partial charge in [-0.3, -0.25) is 4.79 Å². The molecule has 0 bridgehead atoms. The van der Waals surface area contributed by atoms with Crippen LogP contribution in [0.25, 0.3) is 0 Å². The Balaban J connectivity index is 2.24. The van der Waals surface area contributed by atoms with Crippen molar-refractivity contribution in [3.05, 3.63) is 57.7 Å². The molecule has 0 aliphatic carbocycles. The van der Waals surface area contributed by atoms with Gasteiger partial charge in [-0.1, -0.05) is 11.6 Å². The van der Waals surface area contributed by atoms with Gasteiger partial charge >= 0.3 is 0 Å². The van der Waals surface area contributed by atoms with Gasteiger partial charge in [0.05, 0.1) is 11.8 Å². The zero-order valence-electron chi connectivity index (χ0n) is 8.54. The number of Topliss-reactive ketones (excluding diaryl/α,β-unsaturated/α-hetero) is 1. The molecule has 0 fully saturated rings. The lowest BCUT2D eigenvalue weighted by atomic mass is 10.1. The predicted molar refractivity (Wildman–Crippen MR) is 63.2 cm³/mol. The van der Waals surface area contributed by atoms with Crippen LogP contribution in [-0.2, 0) is 6.42 Å². The molecule has 0 amide bonds. The van der Waals surface area contributed by atoms with Crippen LogP contribution in [0.5, 0.6) is 0 Å². The Kier molecular flexibility index (Phi) is 3.50. The van der Waals surface area contributed by atoms with E-state index in [1.165, 1.54) is 30.5 Å². The molecule has 0 radical (unpaired) electrons. The average Bonchev–Trinajstić information content (AvgIpc) is 2.70. The third-order valence-electron chi connectivity index (χ3n) is 2.28. The quantitative estimate of drug-likeness (QED) is 0.786. The molecule has 17 heavy (non-hydrogen) atoms. The lowest BCUT2D eigenvalue weighted by Crippen LogP contribution is -2.03. The summed E-state index contributed by atoms with van der Waals surface area (Å²) >= 11 is 11.5. The van der Waals surface area contributed by atoms with Gasteiger partial charge in [0.25, 0.3) is 0 Å². The van der Waals surface area contributed by atoms with E-state index in [1.54, 1.807) is 0 Å². The van der Waals surface area contributed by atoms with Crippen LogP contribution in [0.2, 0.25) is 10.2 Å². The van der Waals surface area contributed by atoms with Gasteiger partial charge in [0.2, 0.25) is 5.22 Å². The predicted octanol–water partition coefficient (Wildman–Crippen LogP) is 4.15. The van der Waals surface area contributed by atoms with Crippen molar-refractivity contribution in [2.45, 2.75) is 6.42 Å². The second-order valence-electron chi connectivity index (χ2n) is 3.44. The Bertz CT molecular complexity index is 563. The smallest absolute Gasteiger partial charge is 0.203 e. The number of halogens is 3. The zero-order valence-corrected chi connectivity index (χ0v) is 10.1. The normalized spacial score (nSPS) is 10.5. The van der Waals surface area contributed by atoms with E-state index in [9.17, 15) is 9.18 Å². The van der Waals surface area contributed by atoms with Crippen LogP contribution in [0, 0.1) is 5.82 Å². The summed E-state index contributed by atoms with van der Waals surface area (Å²) in [6, 6.07) is 5.35. The maximum Gasteiger partial charge on any atom is 0.203 e. The summed E-state index contributed by atoms with van der Waals surface area (Å²) in [5, 5.41) is 0.377. The summed E-state index contributed by atoms with van der Waals surface area (Å²) in [4.78, 5) is 11.8. The molecule has 88 valence electrons. The molecule has 1 aromatic heterocycles. The van der Waals surface area contributed by atoms with E-state index < -0.39 is 5.82 Å². The van der Waals surface area contributed by atoms with Crippen molar-refractivity contribution >= 4 is 29.0 Å². The van der Waals surface area contributed by atoms with Gasteiger partial charge in [0.15, 0.2) is 5.78 Å². The van der Waals surface area contributed by atoms with Crippen molar-refractivity contribution in [2.75, 3.05) is 0 Å². The van der Waals surface area contributed by atoms with Gasteiger partial charge in [-0.15, -0.1) is 0 Å². The maximum atomic E-state index is 13.0. The standard InChI is InChI=1S/C12H7Cl2FO2/c13-10-2-1-8(15)5-7(10)6-11(16)9-3-4-17-12(9)14/h1-5H,6H2. The van der Waals surface area contributed by atoms with Crippen molar-refractivity contribution < 1.29 is 13.6 Å². The molecule has 0 saturated heterocycles. The molecular formula is C12H7Cl2FO2. The number of carbonyl (C=O) groups excluding carboxylic acids is 1. The van der Waals surface area contributed by atoms with Crippen molar-refractivity contribution in [1.82, 2.24) is 0 Å². The molecule has 1 aromatic carbocycles. The largest absolute Gasteiger partial charge is 0.452 e. The van der Waals surface area contributed by atoms with Crippen LogP contribution in [0.15, 0.2) is 34.9 Å². The molecule has 2 aromatic rings. The number of hydrogen-bond donors (Lipinski definition) is 0. The second-order valence-corrected chi connectivity index (χ2v) is 4.19. The Hall–Kier alpha value is -1.32. The number of carbonyl (C=O) groups is 1. The molecule has 0 aliphatic rings.